The van der Waals surface area contributed by atoms with Crippen LogP contribution in [0, 0.1) is 0 Å². The van der Waals surface area contributed by atoms with Gasteiger partial charge in [-0.3, -0.25) is 4.79 Å². The Bertz CT molecular complexity index is 589. The summed E-state index contributed by atoms with van der Waals surface area (Å²) in [7, 11) is 0. The summed E-state index contributed by atoms with van der Waals surface area (Å²) < 4.78 is 5.82. The minimum absolute atomic E-state index is 0.0110. The third kappa shape index (κ3) is 3.13. The Morgan fingerprint density at radius 1 is 1.48 bits per heavy atom. The number of ether oxygens (including phenoxy) is 1. The summed E-state index contributed by atoms with van der Waals surface area (Å²) in [5, 5.41) is 6.13. The first-order valence-electron chi connectivity index (χ1n) is 7.37. The molecule has 0 radical (unpaired) electrons. The Balaban J connectivity index is 1.65. The molecule has 2 aliphatic rings. The van der Waals surface area contributed by atoms with E-state index in [1.54, 1.807) is 6.21 Å². The van der Waals surface area contributed by atoms with Gasteiger partial charge in [-0.05, 0) is 19.1 Å². The Morgan fingerprint density at radius 2 is 2.33 bits per heavy atom. The zero-order valence-electron chi connectivity index (χ0n) is 12.1. The molecule has 2 heterocycles. The van der Waals surface area contributed by atoms with Crippen molar-refractivity contribution in [3.8, 4) is 5.75 Å². The van der Waals surface area contributed by atoms with Crippen LogP contribution in [0.15, 0.2) is 34.9 Å². The summed E-state index contributed by atoms with van der Waals surface area (Å²) in [4.78, 5) is 11.9. The van der Waals surface area contributed by atoms with E-state index in [9.17, 15) is 4.79 Å². The number of nitrogens with one attached hydrogen (secondary N) is 1. The average Bonchev–Trinajstić information content (AvgIpc) is 3.02. The minimum atomic E-state index is -0.0707. The average molecular weight is 286 g/mol. The number of rotatable bonds is 3. The number of nitrogens with zero attached hydrogens (tertiary/aromatic N) is 1. The van der Waals surface area contributed by atoms with E-state index >= 15 is 0 Å². The smallest absolute Gasteiger partial charge is 0.298 e. The lowest BCUT2D eigenvalue weighted by Crippen LogP contribution is -2.89. The second-order valence-electron chi connectivity index (χ2n) is 5.45. The molecule has 3 N–H and O–H groups in total. The normalized spacial score (nSPS) is 24.3. The number of benzene rings is 1. The van der Waals surface area contributed by atoms with Gasteiger partial charge in [0.1, 0.15) is 11.9 Å². The van der Waals surface area contributed by atoms with Gasteiger partial charge in [0, 0.05) is 24.0 Å². The molecule has 1 amide bonds. The summed E-state index contributed by atoms with van der Waals surface area (Å²) in [5.41, 5.74) is 4.60. The molecule has 1 aromatic rings. The monoisotopic (exact) mass is 286 g/mol. The van der Waals surface area contributed by atoms with Gasteiger partial charge in [0.15, 0.2) is 6.04 Å². The van der Waals surface area contributed by atoms with Crippen LogP contribution in [-0.4, -0.2) is 30.8 Å². The van der Waals surface area contributed by atoms with Crippen molar-refractivity contribution in [1.29, 1.82) is 0 Å². The highest BCUT2D eigenvalue weighted by Crippen LogP contribution is 2.28. The van der Waals surface area contributed by atoms with E-state index in [0.717, 1.165) is 36.3 Å². The highest BCUT2D eigenvalue weighted by molar-refractivity contribution is 5.90. The molecule has 0 aromatic heterocycles. The number of quaternary nitrogens is 1. The van der Waals surface area contributed by atoms with Gasteiger partial charge in [-0.1, -0.05) is 18.2 Å². The van der Waals surface area contributed by atoms with E-state index in [4.69, 9.17) is 4.74 Å². The fourth-order valence-corrected chi connectivity index (χ4v) is 2.67. The summed E-state index contributed by atoms with van der Waals surface area (Å²) in [6.07, 6.45) is 5.67. The molecule has 1 fully saturated rings. The van der Waals surface area contributed by atoms with Crippen LogP contribution < -0.4 is 15.5 Å². The predicted molar refractivity (Wildman–Crippen MR) is 81.0 cm³/mol. The number of hydrogen-bond acceptors (Lipinski definition) is 3. The van der Waals surface area contributed by atoms with E-state index in [1.165, 1.54) is 0 Å². The first-order valence-corrected chi connectivity index (χ1v) is 7.37. The Morgan fingerprint density at radius 3 is 3.14 bits per heavy atom. The van der Waals surface area contributed by atoms with Crippen LogP contribution in [0.25, 0.3) is 6.08 Å². The van der Waals surface area contributed by atoms with Gasteiger partial charge in [0.25, 0.3) is 5.91 Å². The van der Waals surface area contributed by atoms with Crippen LogP contribution >= 0.6 is 0 Å². The van der Waals surface area contributed by atoms with Gasteiger partial charge in [-0.15, -0.1) is 0 Å². The Hall–Kier alpha value is -2.14. The fourth-order valence-electron chi connectivity index (χ4n) is 2.67. The zero-order chi connectivity index (χ0) is 14.7. The molecule has 1 unspecified atom stereocenters. The van der Waals surface area contributed by atoms with E-state index in [0.29, 0.717) is 0 Å². The molecule has 2 atom stereocenters. The highest BCUT2D eigenvalue weighted by atomic mass is 16.5. The van der Waals surface area contributed by atoms with Crippen LogP contribution in [0.1, 0.15) is 25.3 Å². The summed E-state index contributed by atoms with van der Waals surface area (Å²) in [6.45, 7) is 3.00. The maximum absolute atomic E-state index is 11.9. The van der Waals surface area contributed by atoms with Crippen molar-refractivity contribution >= 4 is 18.2 Å². The zero-order valence-corrected chi connectivity index (χ0v) is 12.1. The fraction of sp³-hybridized carbons (Fsp3) is 0.375. The summed E-state index contributed by atoms with van der Waals surface area (Å²) >= 11 is 0. The van der Waals surface area contributed by atoms with Gasteiger partial charge in [-0.2, -0.15) is 5.10 Å². The number of hydrazone groups is 1. The van der Waals surface area contributed by atoms with Gasteiger partial charge >= 0.3 is 0 Å². The van der Waals surface area contributed by atoms with Crippen molar-refractivity contribution < 1.29 is 14.8 Å². The van der Waals surface area contributed by atoms with Crippen LogP contribution in [0.4, 0.5) is 0 Å². The van der Waals surface area contributed by atoms with Crippen LogP contribution in [0.5, 0.6) is 5.75 Å². The molecule has 0 spiro atoms. The quantitative estimate of drug-likeness (QED) is 0.634. The van der Waals surface area contributed by atoms with Gasteiger partial charge in [0.2, 0.25) is 0 Å². The summed E-state index contributed by atoms with van der Waals surface area (Å²) in [5.74, 6) is 0.862. The SMILES string of the molecule is CC1Oc2ccccc2C=C1C=NNC(=O)[C@H]1CCC[NH2+]1. The van der Waals surface area contributed by atoms with Gasteiger partial charge < -0.3 is 10.1 Å². The van der Waals surface area contributed by atoms with Crippen molar-refractivity contribution in [2.75, 3.05) is 6.54 Å². The van der Waals surface area contributed by atoms with Crippen LogP contribution in [-0.2, 0) is 4.79 Å². The van der Waals surface area contributed by atoms with E-state index < -0.39 is 0 Å². The van der Waals surface area contributed by atoms with E-state index in [-0.39, 0.29) is 18.1 Å². The van der Waals surface area contributed by atoms with Crippen molar-refractivity contribution in [3.05, 3.63) is 35.4 Å². The lowest BCUT2D eigenvalue weighted by atomic mass is 10.0. The first-order chi connectivity index (χ1) is 10.2. The Kier molecular flexibility index (Phi) is 4.01. The van der Waals surface area contributed by atoms with Gasteiger partial charge in [-0.25, -0.2) is 5.43 Å². The number of hydrogen-bond donors (Lipinski definition) is 2. The summed E-state index contributed by atoms with van der Waals surface area (Å²) in [6, 6.07) is 7.89. The Labute approximate surface area is 124 Å². The molecule has 110 valence electrons. The molecule has 21 heavy (non-hydrogen) atoms. The predicted octanol–water partition coefficient (Wildman–Crippen LogP) is 0.679. The van der Waals surface area contributed by atoms with E-state index in [1.807, 2.05) is 37.3 Å². The van der Waals surface area contributed by atoms with E-state index in [2.05, 4.69) is 15.8 Å². The topological polar surface area (TPSA) is 67.3 Å². The number of fused-ring (bicyclic) bond motifs is 1. The number of carbonyl (C=O) groups is 1. The molecular formula is C16H20N3O2+. The number of amides is 1. The molecule has 1 aromatic carbocycles. The van der Waals surface area contributed by atoms with Crippen LogP contribution in [0.3, 0.4) is 0 Å². The van der Waals surface area contributed by atoms with Crippen molar-refractivity contribution in [2.45, 2.75) is 31.9 Å². The molecular weight excluding hydrogens is 266 g/mol. The maximum Gasteiger partial charge on any atom is 0.298 e. The molecule has 5 heteroatoms. The first kappa shape index (κ1) is 13.8. The largest absolute Gasteiger partial charge is 0.485 e. The lowest BCUT2D eigenvalue weighted by molar-refractivity contribution is -0.657. The lowest BCUT2D eigenvalue weighted by Gasteiger charge is -2.22. The minimum Gasteiger partial charge on any atom is -0.485 e. The molecule has 5 nitrogen and oxygen atoms in total. The van der Waals surface area contributed by atoms with Crippen molar-refractivity contribution in [3.63, 3.8) is 0 Å². The molecule has 0 bridgehead atoms. The molecule has 0 aliphatic carbocycles. The third-order valence-electron chi connectivity index (χ3n) is 3.91. The second-order valence-corrected chi connectivity index (χ2v) is 5.45. The van der Waals surface area contributed by atoms with Crippen molar-refractivity contribution in [1.82, 2.24) is 5.43 Å². The van der Waals surface area contributed by atoms with Crippen molar-refractivity contribution in [2.24, 2.45) is 5.10 Å². The maximum atomic E-state index is 11.9. The van der Waals surface area contributed by atoms with Crippen LogP contribution in [0.2, 0.25) is 0 Å². The molecule has 3 rings (SSSR count). The number of nitrogens with two attached hydrogens (primary N) is 1. The molecule has 0 saturated carbocycles. The third-order valence-corrected chi connectivity index (χ3v) is 3.91. The van der Waals surface area contributed by atoms with Gasteiger partial charge in [0.05, 0.1) is 12.8 Å². The number of para-hydroxylation sites is 1. The molecule has 1 saturated heterocycles. The highest BCUT2D eigenvalue weighted by Gasteiger charge is 2.25. The number of carbonyl (C=O) groups excluding carboxylic acids is 1. The second kappa shape index (κ2) is 6.10. The molecule has 2 aliphatic heterocycles. The standard InChI is InChI=1S/C16H19N3O2/c1-11-13(9-12-5-2-3-7-15(12)21-11)10-18-19-16(20)14-6-4-8-17-14/h2-3,5,7,9-11,14,17H,4,6,8H2,1H3,(H,19,20)/p+1/t11?,14-/m1/s1.